The van der Waals surface area contributed by atoms with Crippen LogP contribution in [0.5, 0.6) is 0 Å². The van der Waals surface area contributed by atoms with Crippen LogP contribution in [-0.2, 0) is 20.7 Å². The van der Waals surface area contributed by atoms with Gasteiger partial charge in [0.05, 0.1) is 39.6 Å². The molecule has 1 aromatic carbocycles. The van der Waals surface area contributed by atoms with Crippen molar-refractivity contribution < 1.29 is 29.6 Å². The third kappa shape index (κ3) is 12.2. The molecule has 0 radical (unpaired) electrons. The molecule has 0 aliphatic heterocycles. The summed E-state index contributed by atoms with van der Waals surface area (Å²) in [4.78, 5) is 10.4. The molecule has 0 unspecified atom stereocenters. The number of hydrogen-bond acceptors (Lipinski definition) is 6. The molecule has 0 amide bonds. The van der Waals surface area contributed by atoms with Crippen molar-refractivity contribution in [2.45, 2.75) is 12.5 Å². The standard InChI is InChI=1S/C9H11NO2.C6H14O4/c10-8(9(11)12)6-7-4-2-1-3-5-7;7-1-3-9-5-6-10-4-2-8/h1-5,8H,6,10H2,(H,11,12);7-8H,1-6H2/t8-;/m0./s1. The predicted octanol–water partition coefficient (Wildman–Crippen LogP) is -0.355. The molecule has 0 saturated carbocycles. The smallest absolute Gasteiger partial charge is 0.320 e. The molecule has 0 heterocycles. The molecule has 7 nitrogen and oxygen atoms in total. The zero-order valence-electron chi connectivity index (χ0n) is 12.6. The number of aliphatic hydroxyl groups excluding tert-OH is 2. The molecular formula is C15H25NO6. The van der Waals surface area contributed by atoms with Crippen LogP contribution >= 0.6 is 0 Å². The molecule has 5 N–H and O–H groups in total. The van der Waals surface area contributed by atoms with Gasteiger partial charge in [0, 0.05) is 0 Å². The summed E-state index contributed by atoms with van der Waals surface area (Å²) < 4.78 is 9.75. The molecule has 0 bridgehead atoms. The summed E-state index contributed by atoms with van der Waals surface area (Å²) in [6.07, 6.45) is 0.385. The number of aliphatic carboxylic acids is 1. The number of nitrogens with two attached hydrogens (primary N) is 1. The van der Waals surface area contributed by atoms with Crippen molar-refractivity contribution in [1.29, 1.82) is 0 Å². The highest BCUT2D eigenvalue weighted by Crippen LogP contribution is 2.01. The summed E-state index contributed by atoms with van der Waals surface area (Å²) in [5.74, 6) is -0.959. The second-order valence-electron chi connectivity index (χ2n) is 4.31. The average Bonchev–Trinajstić information content (AvgIpc) is 2.52. The first kappa shape index (κ1) is 20.5. The fraction of sp³-hybridized carbons (Fsp3) is 0.533. The Balaban J connectivity index is 0.000000409. The fourth-order valence-electron chi connectivity index (χ4n) is 1.41. The maximum atomic E-state index is 10.4. The van der Waals surface area contributed by atoms with Crippen molar-refractivity contribution in [3.05, 3.63) is 35.9 Å². The number of carbonyl (C=O) groups is 1. The Kier molecular flexibility index (Phi) is 13.4. The number of benzene rings is 1. The quantitative estimate of drug-likeness (QED) is 0.435. The fourth-order valence-corrected chi connectivity index (χ4v) is 1.41. The van der Waals surface area contributed by atoms with Gasteiger partial charge in [-0.05, 0) is 12.0 Å². The van der Waals surface area contributed by atoms with Crippen LogP contribution in [0, 0.1) is 0 Å². The van der Waals surface area contributed by atoms with Crippen molar-refractivity contribution in [2.75, 3.05) is 39.6 Å². The monoisotopic (exact) mass is 315 g/mol. The Morgan fingerprint density at radius 3 is 1.91 bits per heavy atom. The van der Waals surface area contributed by atoms with Crippen molar-refractivity contribution in [2.24, 2.45) is 5.73 Å². The van der Waals surface area contributed by atoms with E-state index >= 15 is 0 Å². The van der Waals surface area contributed by atoms with Gasteiger partial charge in [-0.3, -0.25) is 4.79 Å². The van der Waals surface area contributed by atoms with Crippen molar-refractivity contribution in [3.63, 3.8) is 0 Å². The molecule has 126 valence electrons. The molecule has 1 aromatic rings. The van der Waals surface area contributed by atoms with Gasteiger partial charge in [0.25, 0.3) is 0 Å². The van der Waals surface area contributed by atoms with Gasteiger partial charge < -0.3 is 30.5 Å². The first-order valence-electron chi connectivity index (χ1n) is 7.01. The number of ether oxygens (including phenoxy) is 2. The normalized spacial score (nSPS) is 11.4. The van der Waals surface area contributed by atoms with E-state index in [0.29, 0.717) is 32.8 Å². The van der Waals surface area contributed by atoms with E-state index in [4.69, 9.17) is 30.5 Å². The van der Waals surface area contributed by atoms with Crippen LogP contribution < -0.4 is 5.73 Å². The highest BCUT2D eigenvalue weighted by Gasteiger charge is 2.10. The third-order valence-electron chi connectivity index (χ3n) is 2.46. The lowest BCUT2D eigenvalue weighted by molar-refractivity contribution is -0.138. The third-order valence-corrected chi connectivity index (χ3v) is 2.46. The molecule has 0 saturated heterocycles. The van der Waals surface area contributed by atoms with Crippen LogP contribution in [-0.4, -0.2) is 67.0 Å². The lowest BCUT2D eigenvalue weighted by atomic mass is 10.1. The molecular weight excluding hydrogens is 290 g/mol. The first-order chi connectivity index (χ1) is 10.6. The van der Waals surface area contributed by atoms with Crippen molar-refractivity contribution in [1.82, 2.24) is 0 Å². The van der Waals surface area contributed by atoms with Crippen LogP contribution in [0.3, 0.4) is 0 Å². The first-order valence-corrected chi connectivity index (χ1v) is 7.01. The topological polar surface area (TPSA) is 122 Å². The lowest BCUT2D eigenvalue weighted by Gasteiger charge is -2.04. The Hall–Kier alpha value is -1.51. The average molecular weight is 315 g/mol. The van der Waals surface area contributed by atoms with Crippen molar-refractivity contribution >= 4 is 5.97 Å². The van der Waals surface area contributed by atoms with E-state index in [1.54, 1.807) is 0 Å². The molecule has 0 spiro atoms. The molecule has 0 aliphatic rings. The number of rotatable bonds is 10. The Morgan fingerprint density at radius 1 is 1.00 bits per heavy atom. The van der Waals surface area contributed by atoms with E-state index in [-0.39, 0.29) is 13.2 Å². The summed E-state index contributed by atoms with van der Waals surface area (Å²) in [7, 11) is 0. The molecule has 0 aliphatic carbocycles. The largest absolute Gasteiger partial charge is 0.480 e. The molecule has 22 heavy (non-hydrogen) atoms. The zero-order chi connectivity index (χ0) is 16.6. The summed E-state index contributed by atoms with van der Waals surface area (Å²) in [6.45, 7) is 1.73. The summed E-state index contributed by atoms with van der Waals surface area (Å²) in [5, 5.41) is 25.0. The minimum absolute atomic E-state index is 0.0417. The van der Waals surface area contributed by atoms with E-state index < -0.39 is 12.0 Å². The number of hydrogen-bond donors (Lipinski definition) is 4. The van der Waals surface area contributed by atoms with E-state index in [1.807, 2.05) is 30.3 Å². The highest BCUT2D eigenvalue weighted by molar-refractivity contribution is 5.73. The van der Waals surface area contributed by atoms with E-state index in [1.165, 1.54) is 0 Å². The van der Waals surface area contributed by atoms with Gasteiger partial charge in [-0.15, -0.1) is 0 Å². The van der Waals surface area contributed by atoms with Gasteiger partial charge in [0.2, 0.25) is 0 Å². The maximum absolute atomic E-state index is 10.4. The Labute approximate surface area is 130 Å². The van der Waals surface area contributed by atoms with Crippen LogP contribution in [0.15, 0.2) is 30.3 Å². The SMILES string of the molecule is N[C@@H](Cc1ccccc1)C(=O)O.OCCOCCOCCO. The summed E-state index contributed by atoms with van der Waals surface area (Å²) in [6, 6.07) is 8.54. The van der Waals surface area contributed by atoms with Crippen molar-refractivity contribution in [3.8, 4) is 0 Å². The van der Waals surface area contributed by atoms with Crippen LogP contribution in [0.4, 0.5) is 0 Å². The second-order valence-corrected chi connectivity index (χ2v) is 4.31. The van der Waals surface area contributed by atoms with Crippen LogP contribution in [0.2, 0.25) is 0 Å². The van der Waals surface area contributed by atoms with E-state index in [9.17, 15) is 4.79 Å². The minimum Gasteiger partial charge on any atom is -0.480 e. The summed E-state index contributed by atoms with van der Waals surface area (Å²) in [5.41, 5.74) is 6.30. The number of carboxylic acid groups (broad SMARTS) is 1. The molecule has 0 aromatic heterocycles. The molecule has 1 atom stereocenters. The Bertz CT molecular complexity index is 366. The van der Waals surface area contributed by atoms with Crippen LogP contribution in [0.25, 0.3) is 0 Å². The number of aliphatic hydroxyl groups is 2. The van der Waals surface area contributed by atoms with Gasteiger partial charge in [-0.1, -0.05) is 30.3 Å². The molecule has 7 heteroatoms. The molecule has 1 rings (SSSR count). The van der Waals surface area contributed by atoms with Gasteiger partial charge >= 0.3 is 5.97 Å². The van der Waals surface area contributed by atoms with Gasteiger partial charge in [0.15, 0.2) is 0 Å². The van der Waals surface area contributed by atoms with E-state index in [2.05, 4.69) is 0 Å². The van der Waals surface area contributed by atoms with Gasteiger partial charge in [-0.25, -0.2) is 0 Å². The zero-order valence-corrected chi connectivity index (χ0v) is 12.6. The lowest BCUT2D eigenvalue weighted by Crippen LogP contribution is -2.32. The van der Waals surface area contributed by atoms with Gasteiger partial charge in [0.1, 0.15) is 6.04 Å². The predicted molar refractivity (Wildman–Crippen MR) is 81.6 cm³/mol. The second kappa shape index (κ2) is 14.4. The van der Waals surface area contributed by atoms with E-state index in [0.717, 1.165) is 5.56 Å². The summed E-state index contributed by atoms with van der Waals surface area (Å²) >= 11 is 0. The highest BCUT2D eigenvalue weighted by atomic mass is 16.5. The van der Waals surface area contributed by atoms with Crippen LogP contribution in [0.1, 0.15) is 5.56 Å². The molecule has 0 fully saturated rings. The minimum atomic E-state index is -0.959. The Morgan fingerprint density at radius 2 is 1.50 bits per heavy atom. The maximum Gasteiger partial charge on any atom is 0.320 e. The van der Waals surface area contributed by atoms with Gasteiger partial charge in [-0.2, -0.15) is 0 Å². The number of carboxylic acids is 1.